The van der Waals surface area contributed by atoms with E-state index >= 15 is 0 Å². The lowest BCUT2D eigenvalue weighted by molar-refractivity contribution is 0.159. The van der Waals surface area contributed by atoms with Gasteiger partial charge in [0.05, 0.1) is 22.5 Å². The van der Waals surface area contributed by atoms with Gasteiger partial charge in [-0.1, -0.05) is 30.6 Å². The SMILES string of the molecule is NC=C(C=NCC(F)F)c1cc(Oc2ccc3nc(NC4CCCCC4)sc3c2)ccn1. The van der Waals surface area contributed by atoms with Gasteiger partial charge in [0, 0.05) is 42.4 Å². The van der Waals surface area contributed by atoms with Gasteiger partial charge in [0.1, 0.15) is 11.5 Å². The summed E-state index contributed by atoms with van der Waals surface area (Å²) in [5.41, 5.74) is 7.48. The molecule has 1 aliphatic carbocycles. The van der Waals surface area contributed by atoms with E-state index in [1.807, 2.05) is 18.2 Å². The van der Waals surface area contributed by atoms with E-state index in [0.717, 1.165) is 15.3 Å². The number of halogens is 2. The fourth-order valence-corrected chi connectivity index (χ4v) is 4.62. The summed E-state index contributed by atoms with van der Waals surface area (Å²) in [5.74, 6) is 1.23. The molecule has 9 heteroatoms. The number of anilines is 1. The monoisotopic (exact) mass is 457 g/mol. The van der Waals surface area contributed by atoms with E-state index in [1.165, 1.54) is 44.5 Å². The zero-order valence-corrected chi connectivity index (χ0v) is 18.3. The molecule has 0 saturated heterocycles. The number of nitrogens with one attached hydrogen (secondary N) is 1. The second-order valence-corrected chi connectivity index (χ2v) is 8.64. The molecule has 1 aliphatic rings. The van der Waals surface area contributed by atoms with Crippen molar-refractivity contribution in [3.8, 4) is 11.5 Å². The molecule has 32 heavy (non-hydrogen) atoms. The van der Waals surface area contributed by atoms with E-state index in [-0.39, 0.29) is 0 Å². The molecule has 0 unspecified atom stereocenters. The van der Waals surface area contributed by atoms with Crippen molar-refractivity contribution < 1.29 is 13.5 Å². The fourth-order valence-electron chi connectivity index (χ4n) is 3.65. The van der Waals surface area contributed by atoms with Gasteiger partial charge in [0.25, 0.3) is 6.43 Å². The third kappa shape index (κ3) is 5.79. The van der Waals surface area contributed by atoms with Crippen molar-refractivity contribution in [2.75, 3.05) is 11.9 Å². The van der Waals surface area contributed by atoms with Crippen LogP contribution in [0.3, 0.4) is 0 Å². The smallest absolute Gasteiger partial charge is 0.257 e. The molecule has 4 rings (SSSR count). The number of nitrogens with two attached hydrogens (primary N) is 1. The maximum atomic E-state index is 12.3. The molecular formula is C23H25F2N5OS. The molecule has 2 heterocycles. The number of aromatic nitrogens is 2. The summed E-state index contributed by atoms with van der Waals surface area (Å²) in [6.07, 6.45) is 7.90. The van der Waals surface area contributed by atoms with E-state index in [1.54, 1.807) is 29.7 Å². The van der Waals surface area contributed by atoms with Gasteiger partial charge in [-0.15, -0.1) is 0 Å². The van der Waals surface area contributed by atoms with E-state index < -0.39 is 13.0 Å². The first-order chi connectivity index (χ1) is 15.6. The van der Waals surface area contributed by atoms with Gasteiger partial charge in [-0.2, -0.15) is 0 Å². The Labute approximate surface area is 189 Å². The van der Waals surface area contributed by atoms with Gasteiger partial charge in [0.15, 0.2) is 5.13 Å². The van der Waals surface area contributed by atoms with Crippen LogP contribution in [0, 0.1) is 0 Å². The third-order valence-corrected chi connectivity index (χ3v) is 6.16. The van der Waals surface area contributed by atoms with Crippen LogP contribution in [-0.2, 0) is 0 Å². The largest absolute Gasteiger partial charge is 0.457 e. The van der Waals surface area contributed by atoms with Crippen LogP contribution in [0.4, 0.5) is 13.9 Å². The number of pyridine rings is 1. The van der Waals surface area contributed by atoms with Gasteiger partial charge < -0.3 is 15.8 Å². The highest BCUT2D eigenvalue weighted by Crippen LogP contribution is 2.33. The first kappa shape index (κ1) is 22.1. The molecule has 6 nitrogen and oxygen atoms in total. The summed E-state index contributed by atoms with van der Waals surface area (Å²) >= 11 is 1.62. The Morgan fingerprint density at radius 3 is 2.81 bits per heavy atom. The summed E-state index contributed by atoms with van der Waals surface area (Å²) in [6.45, 7) is -0.583. The van der Waals surface area contributed by atoms with Gasteiger partial charge in [0.2, 0.25) is 0 Å². The minimum Gasteiger partial charge on any atom is -0.457 e. The second kappa shape index (κ2) is 10.5. The molecule has 0 bridgehead atoms. The maximum Gasteiger partial charge on any atom is 0.257 e. The number of hydrogen-bond donors (Lipinski definition) is 2. The first-order valence-electron chi connectivity index (χ1n) is 10.6. The molecule has 1 saturated carbocycles. The van der Waals surface area contributed by atoms with Crippen LogP contribution in [0.5, 0.6) is 11.5 Å². The summed E-state index contributed by atoms with van der Waals surface area (Å²) in [7, 11) is 0. The number of alkyl halides is 2. The van der Waals surface area contributed by atoms with Gasteiger partial charge >= 0.3 is 0 Å². The average Bonchev–Trinajstić information content (AvgIpc) is 3.19. The van der Waals surface area contributed by atoms with Crippen LogP contribution in [0.2, 0.25) is 0 Å². The highest BCUT2D eigenvalue weighted by Gasteiger charge is 2.15. The average molecular weight is 458 g/mol. The molecule has 168 valence electrons. The molecule has 0 radical (unpaired) electrons. The summed E-state index contributed by atoms with van der Waals surface area (Å²) < 4.78 is 31.7. The van der Waals surface area contributed by atoms with Crippen LogP contribution in [-0.4, -0.2) is 35.2 Å². The number of ether oxygens (including phenoxy) is 1. The summed E-state index contributed by atoms with van der Waals surface area (Å²) in [6, 6.07) is 9.70. The standard InChI is InChI=1S/C23H25F2N5OS/c24-22(25)14-27-13-15(12-26)20-10-18(8-9-28-20)31-17-6-7-19-21(11-17)32-23(30-19)29-16-4-2-1-3-5-16/h6-13,16,22H,1-5,14,26H2,(H,29,30). The van der Waals surface area contributed by atoms with Crippen LogP contribution in [0.1, 0.15) is 37.8 Å². The third-order valence-electron chi connectivity index (χ3n) is 5.21. The van der Waals surface area contributed by atoms with Crippen molar-refractivity contribution in [3.05, 3.63) is 48.4 Å². The molecule has 0 spiro atoms. The Kier molecular flexibility index (Phi) is 7.26. The lowest BCUT2D eigenvalue weighted by atomic mass is 9.96. The second-order valence-electron chi connectivity index (χ2n) is 7.61. The number of thiazole rings is 1. The Hall–Kier alpha value is -3.07. The van der Waals surface area contributed by atoms with Crippen molar-refractivity contribution in [2.24, 2.45) is 10.7 Å². The maximum absolute atomic E-state index is 12.3. The molecule has 2 aromatic heterocycles. The zero-order valence-electron chi connectivity index (χ0n) is 17.5. The normalized spacial score (nSPS) is 15.7. The fraction of sp³-hybridized carbons (Fsp3) is 0.348. The Bertz CT molecular complexity index is 1110. The Morgan fingerprint density at radius 2 is 2.03 bits per heavy atom. The molecule has 0 atom stereocenters. The van der Waals surface area contributed by atoms with E-state index in [9.17, 15) is 8.78 Å². The van der Waals surface area contributed by atoms with Crippen LogP contribution in [0.25, 0.3) is 15.8 Å². The molecule has 1 fully saturated rings. The predicted molar refractivity (Wildman–Crippen MR) is 126 cm³/mol. The van der Waals surface area contributed by atoms with Crippen molar-refractivity contribution in [3.63, 3.8) is 0 Å². The van der Waals surface area contributed by atoms with Crippen molar-refractivity contribution in [1.82, 2.24) is 9.97 Å². The minimum absolute atomic E-state index is 0.437. The molecule has 3 aromatic rings. The van der Waals surface area contributed by atoms with Crippen molar-refractivity contribution >= 4 is 38.5 Å². The molecule has 0 aliphatic heterocycles. The number of benzene rings is 1. The summed E-state index contributed by atoms with van der Waals surface area (Å²) in [4.78, 5) is 12.6. The zero-order chi connectivity index (χ0) is 22.3. The number of allylic oxidation sites excluding steroid dienone is 1. The van der Waals surface area contributed by atoms with E-state index in [2.05, 4.69) is 15.3 Å². The minimum atomic E-state index is -2.51. The lowest BCUT2D eigenvalue weighted by Gasteiger charge is -2.22. The quantitative estimate of drug-likeness (QED) is 0.414. The molecule has 0 amide bonds. The highest BCUT2D eigenvalue weighted by atomic mass is 32.1. The number of nitrogens with zero attached hydrogens (tertiary/aromatic N) is 3. The predicted octanol–water partition coefficient (Wildman–Crippen LogP) is 5.86. The highest BCUT2D eigenvalue weighted by molar-refractivity contribution is 7.22. The van der Waals surface area contributed by atoms with Crippen molar-refractivity contribution in [2.45, 2.75) is 44.6 Å². The number of hydrogen-bond acceptors (Lipinski definition) is 7. The van der Waals surface area contributed by atoms with Crippen LogP contribution < -0.4 is 15.8 Å². The van der Waals surface area contributed by atoms with Gasteiger partial charge in [-0.3, -0.25) is 9.98 Å². The Morgan fingerprint density at radius 1 is 1.22 bits per heavy atom. The lowest BCUT2D eigenvalue weighted by Crippen LogP contribution is -2.21. The van der Waals surface area contributed by atoms with E-state index in [0.29, 0.717) is 28.8 Å². The van der Waals surface area contributed by atoms with Gasteiger partial charge in [-0.25, -0.2) is 13.8 Å². The molecule has 3 N–H and O–H groups in total. The number of rotatable bonds is 8. The summed E-state index contributed by atoms with van der Waals surface area (Å²) in [5, 5.41) is 4.51. The Balaban J connectivity index is 1.47. The number of fused-ring (bicyclic) bond motifs is 1. The van der Waals surface area contributed by atoms with Crippen LogP contribution >= 0.6 is 11.3 Å². The molecular weight excluding hydrogens is 432 g/mol. The number of aliphatic imine (C=N–C) groups is 1. The van der Waals surface area contributed by atoms with Gasteiger partial charge in [-0.05, 0) is 31.0 Å². The van der Waals surface area contributed by atoms with E-state index in [4.69, 9.17) is 15.5 Å². The topological polar surface area (TPSA) is 85.4 Å². The van der Waals surface area contributed by atoms with Crippen molar-refractivity contribution in [1.29, 1.82) is 0 Å². The van der Waals surface area contributed by atoms with Crippen LogP contribution in [0.15, 0.2) is 47.7 Å². The first-order valence-corrected chi connectivity index (χ1v) is 11.4. The molecule has 1 aromatic carbocycles.